The van der Waals surface area contributed by atoms with Gasteiger partial charge in [0.1, 0.15) is 29.1 Å². The molecule has 3 aromatic rings. The van der Waals surface area contributed by atoms with Gasteiger partial charge < -0.3 is 0 Å². The van der Waals surface area contributed by atoms with Crippen molar-refractivity contribution in [2.75, 3.05) is 0 Å². The molecule has 138 valence electrons. The summed E-state index contributed by atoms with van der Waals surface area (Å²) in [5.74, 6) is -1.87. The SMILES string of the molecule is Cc1c(F)cccc1F.Cc1cc(F)ccc1F.Cc1ccccc1F. The molecule has 0 spiro atoms. The van der Waals surface area contributed by atoms with Crippen LogP contribution in [0.25, 0.3) is 0 Å². The lowest BCUT2D eigenvalue weighted by atomic mass is 10.2. The molecule has 3 aromatic carbocycles. The third kappa shape index (κ3) is 7.05. The second kappa shape index (κ2) is 10.3. The Morgan fingerprint density at radius 3 is 1.38 bits per heavy atom. The summed E-state index contributed by atoms with van der Waals surface area (Å²) >= 11 is 0. The molecule has 0 heterocycles. The molecule has 3 rings (SSSR count). The predicted octanol–water partition coefficient (Wildman–Crippen LogP) is 6.68. The fourth-order valence-corrected chi connectivity index (χ4v) is 1.74. The molecule has 0 saturated carbocycles. The summed E-state index contributed by atoms with van der Waals surface area (Å²) in [5.41, 5.74) is 1.13. The lowest BCUT2D eigenvalue weighted by Gasteiger charge is -1.94. The van der Waals surface area contributed by atoms with E-state index in [9.17, 15) is 22.0 Å². The molecule has 0 unspecified atom stereocenters. The van der Waals surface area contributed by atoms with E-state index in [1.54, 1.807) is 19.1 Å². The zero-order chi connectivity index (χ0) is 19.7. The van der Waals surface area contributed by atoms with E-state index in [0.29, 0.717) is 11.1 Å². The maximum absolute atomic E-state index is 12.3. The van der Waals surface area contributed by atoms with Crippen LogP contribution in [0.15, 0.2) is 60.7 Å². The van der Waals surface area contributed by atoms with Crippen LogP contribution in [0.1, 0.15) is 16.7 Å². The standard InChI is InChI=1S/2C7H6F2.C7H7F/c1-5-4-6(8)2-3-7(5)9;1-5-6(8)3-2-4-7(5)9;1-6-4-2-3-5-7(6)8/h2*2-4H,1H3;2-5H,1H3. The monoisotopic (exact) mass is 366 g/mol. The van der Waals surface area contributed by atoms with Crippen molar-refractivity contribution < 1.29 is 22.0 Å². The summed E-state index contributed by atoms with van der Waals surface area (Å²) in [6, 6.07) is 13.9. The zero-order valence-corrected chi connectivity index (χ0v) is 14.7. The summed E-state index contributed by atoms with van der Waals surface area (Å²) in [6.07, 6.45) is 0. The predicted molar refractivity (Wildman–Crippen MR) is 93.3 cm³/mol. The molecular formula is C21H19F5. The van der Waals surface area contributed by atoms with Gasteiger partial charge in [0.15, 0.2) is 0 Å². The van der Waals surface area contributed by atoms with Crippen LogP contribution in [0.2, 0.25) is 0 Å². The van der Waals surface area contributed by atoms with Crippen LogP contribution < -0.4 is 0 Å². The Labute approximate surface area is 149 Å². The van der Waals surface area contributed by atoms with Crippen molar-refractivity contribution in [2.45, 2.75) is 20.8 Å². The van der Waals surface area contributed by atoms with Crippen LogP contribution in [0, 0.1) is 49.9 Å². The minimum absolute atomic E-state index is 0.0810. The maximum atomic E-state index is 12.3. The Hall–Kier alpha value is -2.69. The van der Waals surface area contributed by atoms with Gasteiger partial charge in [0, 0.05) is 5.56 Å². The number of benzene rings is 3. The Balaban J connectivity index is 0.000000195. The van der Waals surface area contributed by atoms with E-state index in [4.69, 9.17) is 0 Å². The van der Waals surface area contributed by atoms with Crippen molar-refractivity contribution in [2.24, 2.45) is 0 Å². The summed E-state index contributed by atoms with van der Waals surface area (Å²) in [5, 5.41) is 0. The van der Waals surface area contributed by atoms with Gasteiger partial charge in [-0.15, -0.1) is 0 Å². The molecule has 26 heavy (non-hydrogen) atoms. The third-order valence-electron chi connectivity index (χ3n) is 3.40. The normalized spacial score (nSPS) is 9.54. The Morgan fingerprint density at radius 1 is 0.500 bits per heavy atom. The van der Waals surface area contributed by atoms with Crippen LogP contribution in [0.4, 0.5) is 22.0 Å². The summed E-state index contributed by atoms with van der Waals surface area (Å²) in [6.45, 7) is 4.68. The van der Waals surface area contributed by atoms with Gasteiger partial charge in [0.2, 0.25) is 0 Å². The van der Waals surface area contributed by atoms with Gasteiger partial charge in [-0.05, 0) is 68.3 Å². The van der Waals surface area contributed by atoms with Crippen LogP contribution in [0.5, 0.6) is 0 Å². The quantitative estimate of drug-likeness (QED) is 0.389. The van der Waals surface area contributed by atoms with E-state index < -0.39 is 17.5 Å². The van der Waals surface area contributed by atoms with E-state index in [-0.39, 0.29) is 17.2 Å². The molecule has 0 N–H and O–H groups in total. The molecule has 0 aromatic heterocycles. The molecule has 0 aliphatic heterocycles. The van der Waals surface area contributed by atoms with Gasteiger partial charge in [-0.1, -0.05) is 24.3 Å². The van der Waals surface area contributed by atoms with Crippen LogP contribution in [0.3, 0.4) is 0 Å². The number of hydrogen-bond acceptors (Lipinski definition) is 0. The number of aryl methyl sites for hydroxylation is 2. The van der Waals surface area contributed by atoms with Crippen molar-refractivity contribution in [3.05, 3.63) is 106 Å². The van der Waals surface area contributed by atoms with E-state index in [2.05, 4.69) is 0 Å². The molecule has 5 heteroatoms. The molecule has 0 nitrogen and oxygen atoms in total. The van der Waals surface area contributed by atoms with Gasteiger partial charge in [0.25, 0.3) is 0 Å². The van der Waals surface area contributed by atoms with Gasteiger partial charge in [-0.25, -0.2) is 22.0 Å². The molecule has 0 bridgehead atoms. The number of rotatable bonds is 0. The van der Waals surface area contributed by atoms with E-state index in [1.165, 1.54) is 38.1 Å². The lowest BCUT2D eigenvalue weighted by Crippen LogP contribution is -1.85. The highest BCUT2D eigenvalue weighted by atomic mass is 19.1. The maximum Gasteiger partial charge on any atom is 0.129 e. The van der Waals surface area contributed by atoms with Crippen molar-refractivity contribution in [1.29, 1.82) is 0 Å². The molecule has 0 aliphatic rings. The second-order valence-electron chi connectivity index (χ2n) is 5.49. The summed E-state index contributed by atoms with van der Waals surface area (Å²) < 4.78 is 61.5. The fraction of sp³-hybridized carbons (Fsp3) is 0.143. The first-order valence-corrected chi connectivity index (χ1v) is 7.75. The first-order chi connectivity index (χ1) is 12.2. The van der Waals surface area contributed by atoms with E-state index in [0.717, 1.165) is 18.2 Å². The van der Waals surface area contributed by atoms with Gasteiger partial charge in [-0.2, -0.15) is 0 Å². The molecule has 0 amide bonds. The van der Waals surface area contributed by atoms with E-state index in [1.807, 2.05) is 6.07 Å². The average Bonchev–Trinajstić information content (AvgIpc) is 2.60. The number of halogens is 5. The third-order valence-corrected chi connectivity index (χ3v) is 3.40. The average molecular weight is 366 g/mol. The van der Waals surface area contributed by atoms with Crippen LogP contribution in [-0.4, -0.2) is 0 Å². The second-order valence-corrected chi connectivity index (χ2v) is 5.49. The number of hydrogen-bond donors (Lipinski definition) is 0. The minimum Gasteiger partial charge on any atom is -0.207 e. The smallest absolute Gasteiger partial charge is 0.129 e. The first kappa shape index (κ1) is 21.4. The van der Waals surface area contributed by atoms with Gasteiger partial charge >= 0.3 is 0 Å². The summed E-state index contributed by atoms with van der Waals surface area (Å²) in [7, 11) is 0. The molecule has 0 aliphatic carbocycles. The molecule has 0 atom stereocenters. The highest BCUT2D eigenvalue weighted by molar-refractivity contribution is 5.17. The van der Waals surface area contributed by atoms with Crippen LogP contribution in [-0.2, 0) is 0 Å². The zero-order valence-electron chi connectivity index (χ0n) is 14.7. The molecule has 0 saturated heterocycles. The first-order valence-electron chi connectivity index (χ1n) is 7.75. The van der Waals surface area contributed by atoms with Gasteiger partial charge in [-0.3, -0.25) is 0 Å². The fourth-order valence-electron chi connectivity index (χ4n) is 1.74. The highest BCUT2D eigenvalue weighted by Crippen LogP contribution is 2.09. The highest BCUT2D eigenvalue weighted by Gasteiger charge is 1.99. The van der Waals surface area contributed by atoms with E-state index >= 15 is 0 Å². The Bertz CT molecular complexity index is 802. The molecular weight excluding hydrogens is 347 g/mol. The van der Waals surface area contributed by atoms with Gasteiger partial charge in [0.05, 0.1) is 0 Å². The van der Waals surface area contributed by atoms with Crippen molar-refractivity contribution >= 4 is 0 Å². The van der Waals surface area contributed by atoms with Crippen molar-refractivity contribution in [3.8, 4) is 0 Å². The molecule has 0 radical (unpaired) electrons. The Kier molecular flexibility index (Phi) is 8.49. The largest absolute Gasteiger partial charge is 0.207 e. The minimum atomic E-state index is -0.491. The topological polar surface area (TPSA) is 0 Å². The lowest BCUT2D eigenvalue weighted by molar-refractivity contribution is 0.568. The Morgan fingerprint density at radius 2 is 1.00 bits per heavy atom. The van der Waals surface area contributed by atoms with Crippen molar-refractivity contribution in [1.82, 2.24) is 0 Å². The van der Waals surface area contributed by atoms with Crippen molar-refractivity contribution in [3.63, 3.8) is 0 Å². The summed E-state index contributed by atoms with van der Waals surface area (Å²) in [4.78, 5) is 0. The van der Waals surface area contributed by atoms with Crippen LogP contribution >= 0.6 is 0 Å². The molecule has 0 fully saturated rings.